The second-order valence-electron chi connectivity index (χ2n) is 3.39. The van der Waals surface area contributed by atoms with Gasteiger partial charge >= 0.3 is 0 Å². The molecule has 2 nitrogen and oxygen atoms in total. The van der Waals surface area contributed by atoms with Gasteiger partial charge in [0.2, 0.25) is 0 Å². The fourth-order valence-electron chi connectivity index (χ4n) is 1.56. The summed E-state index contributed by atoms with van der Waals surface area (Å²) in [6.07, 6.45) is 0.113. The van der Waals surface area contributed by atoms with Crippen LogP contribution in [0.3, 0.4) is 0 Å². The van der Waals surface area contributed by atoms with Crippen LogP contribution in [0.15, 0.2) is 18.2 Å². The molecule has 64 valence electrons. The molecule has 2 unspecified atom stereocenters. The Labute approximate surface area is 72.3 Å². The van der Waals surface area contributed by atoms with Crippen molar-refractivity contribution in [2.24, 2.45) is 5.73 Å². The summed E-state index contributed by atoms with van der Waals surface area (Å²) in [4.78, 5) is 0. The molecule has 2 rings (SSSR count). The first-order valence-corrected chi connectivity index (χ1v) is 4.21. The third-order valence-electron chi connectivity index (χ3n) is 2.34. The molecular weight excluding hydrogens is 150 g/mol. The number of fused-ring (bicyclic) bond motifs is 1. The summed E-state index contributed by atoms with van der Waals surface area (Å²) in [6.45, 7) is 4.07. The predicted octanol–water partition coefficient (Wildman–Crippen LogP) is 1.78. The molecule has 2 atom stereocenters. The highest BCUT2D eigenvalue weighted by Gasteiger charge is 2.27. The van der Waals surface area contributed by atoms with Crippen LogP contribution in [0, 0.1) is 6.92 Å². The fourth-order valence-corrected chi connectivity index (χ4v) is 1.56. The van der Waals surface area contributed by atoms with Gasteiger partial charge in [0.05, 0.1) is 6.04 Å². The number of hydrogen-bond acceptors (Lipinski definition) is 2. The third kappa shape index (κ3) is 0.994. The van der Waals surface area contributed by atoms with E-state index in [0.717, 1.165) is 11.3 Å². The maximum Gasteiger partial charge on any atom is 0.124 e. The van der Waals surface area contributed by atoms with Crippen molar-refractivity contribution >= 4 is 0 Å². The summed E-state index contributed by atoms with van der Waals surface area (Å²) < 4.78 is 5.55. The summed E-state index contributed by atoms with van der Waals surface area (Å²) >= 11 is 0. The van der Waals surface area contributed by atoms with E-state index in [-0.39, 0.29) is 12.1 Å². The van der Waals surface area contributed by atoms with Crippen LogP contribution in [-0.4, -0.2) is 6.10 Å². The Kier molecular flexibility index (Phi) is 1.58. The molecule has 12 heavy (non-hydrogen) atoms. The van der Waals surface area contributed by atoms with Crippen molar-refractivity contribution in [1.29, 1.82) is 0 Å². The predicted molar refractivity (Wildman–Crippen MR) is 48.2 cm³/mol. The highest BCUT2D eigenvalue weighted by atomic mass is 16.5. The van der Waals surface area contributed by atoms with Gasteiger partial charge < -0.3 is 10.5 Å². The third-order valence-corrected chi connectivity index (χ3v) is 2.34. The van der Waals surface area contributed by atoms with Crippen LogP contribution in [0.2, 0.25) is 0 Å². The summed E-state index contributed by atoms with van der Waals surface area (Å²) in [6, 6.07) is 6.18. The van der Waals surface area contributed by atoms with Crippen molar-refractivity contribution in [1.82, 2.24) is 0 Å². The van der Waals surface area contributed by atoms with E-state index in [4.69, 9.17) is 10.5 Å². The van der Waals surface area contributed by atoms with Gasteiger partial charge in [-0.3, -0.25) is 0 Å². The minimum Gasteiger partial charge on any atom is -0.488 e. The molecule has 2 heteroatoms. The van der Waals surface area contributed by atoms with Gasteiger partial charge in [-0.2, -0.15) is 0 Å². The highest BCUT2D eigenvalue weighted by molar-refractivity contribution is 5.42. The van der Waals surface area contributed by atoms with Crippen LogP contribution in [0.4, 0.5) is 0 Å². The van der Waals surface area contributed by atoms with Crippen LogP contribution < -0.4 is 10.5 Å². The van der Waals surface area contributed by atoms with Crippen molar-refractivity contribution in [3.8, 4) is 5.75 Å². The first-order chi connectivity index (χ1) is 5.68. The van der Waals surface area contributed by atoms with Crippen molar-refractivity contribution in [2.45, 2.75) is 26.0 Å². The molecule has 1 aliphatic heterocycles. The molecule has 0 aromatic heterocycles. The summed E-state index contributed by atoms with van der Waals surface area (Å²) in [5.41, 5.74) is 8.31. The molecule has 0 amide bonds. The van der Waals surface area contributed by atoms with E-state index < -0.39 is 0 Å². The Morgan fingerprint density at radius 2 is 2.17 bits per heavy atom. The Balaban J connectivity index is 2.48. The summed E-state index contributed by atoms with van der Waals surface area (Å²) in [5, 5.41) is 0. The normalized spacial score (nSPS) is 26.6. The second-order valence-corrected chi connectivity index (χ2v) is 3.39. The zero-order valence-corrected chi connectivity index (χ0v) is 7.37. The number of nitrogens with two attached hydrogens (primary N) is 1. The van der Waals surface area contributed by atoms with E-state index in [1.807, 2.05) is 19.1 Å². The van der Waals surface area contributed by atoms with Gasteiger partial charge in [0.1, 0.15) is 11.9 Å². The Morgan fingerprint density at radius 1 is 1.42 bits per heavy atom. The zero-order valence-electron chi connectivity index (χ0n) is 7.37. The first-order valence-electron chi connectivity index (χ1n) is 4.21. The standard InChI is InChI=1S/C10H13NO/c1-6-3-4-9-8(5-6)10(11)7(2)12-9/h3-5,7,10H,11H2,1-2H3. The molecule has 0 radical (unpaired) electrons. The van der Waals surface area contributed by atoms with E-state index in [0.29, 0.717) is 0 Å². The average Bonchev–Trinajstić information content (AvgIpc) is 2.31. The molecule has 2 N–H and O–H groups in total. The number of hydrogen-bond donors (Lipinski definition) is 1. The Morgan fingerprint density at radius 3 is 2.92 bits per heavy atom. The monoisotopic (exact) mass is 163 g/mol. The average molecular weight is 163 g/mol. The zero-order chi connectivity index (χ0) is 8.72. The molecule has 0 saturated heterocycles. The topological polar surface area (TPSA) is 35.2 Å². The van der Waals surface area contributed by atoms with E-state index in [1.165, 1.54) is 5.56 Å². The van der Waals surface area contributed by atoms with Crippen LogP contribution in [-0.2, 0) is 0 Å². The van der Waals surface area contributed by atoms with Gasteiger partial charge in [0, 0.05) is 5.56 Å². The van der Waals surface area contributed by atoms with Gasteiger partial charge in [-0.25, -0.2) is 0 Å². The largest absolute Gasteiger partial charge is 0.488 e. The molecule has 0 bridgehead atoms. The van der Waals surface area contributed by atoms with Crippen molar-refractivity contribution in [3.63, 3.8) is 0 Å². The van der Waals surface area contributed by atoms with Gasteiger partial charge in [-0.1, -0.05) is 17.7 Å². The molecule has 0 saturated carbocycles. The lowest BCUT2D eigenvalue weighted by Gasteiger charge is -2.07. The number of aryl methyl sites for hydroxylation is 1. The molecule has 0 spiro atoms. The number of benzene rings is 1. The molecular formula is C10H13NO. The van der Waals surface area contributed by atoms with Gasteiger partial charge in [0.15, 0.2) is 0 Å². The number of ether oxygens (including phenoxy) is 1. The first kappa shape index (κ1) is 7.62. The smallest absolute Gasteiger partial charge is 0.124 e. The number of rotatable bonds is 0. The van der Waals surface area contributed by atoms with E-state index in [9.17, 15) is 0 Å². The molecule has 1 aromatic carbocycles. The lowest BCUT2D eigenvalue weighted by atomic mass is 10.0. The minimum atomic E-state index is 0.0416. The molecule has 1 aliphatic rings. The second kappa shape index (κ2) is 2.49. The molecule has 1 heterocycles. The van der Waals surface area contributed by atoms with Gasteiger partial charge in [0.25, 0.3) is 0 Å². The Hall–Kier alpha value is -1.02. The van der Waals surface area contributed by atoms with E-state index in [2.05, 4.69) is 13.0 Å². The van der Waals surface area contributed by atoms with Crippen molar-refractivity contribution in [3.05, 3.63) is 29.3 Å². The molecule has 0 fully saturated rings. The molecule has 0 aliphatic carbocycles. The lowest BCUT2D eigenvalue weighted by molar-refractivity contribution is 0.228. The van der Waals surface area contributed by atoms with Crippen LogP contribution in [0.5, 0.6) is 5.75 Å². The van der Waals surface area contributed by atoms with Crippen LogP contribution in [0.25, 0.3) is 0 Å². The molecule has 1 aromatic rings. The summed E-state index contributed by atoms with van der Waals surface area (Å²) in [7, 11) is 0. The van der Waals surface area contributed by atoms with Gasteiger partial charge in [-0.05, 0) is 19.9 Å². The van der Waals surface area contributed by atoms with Crippen molar-refractivity contribution in [2.75, 3.05) is 0 Å². The van der Waals surface area contributed by atoms with Crippen LogP contribution in [0.1, 0.15) is 24.1 Å². The summed E-state index contributed by atoms with van der Waals surface area (Å²) in [5.74, 6) is 0.945. The van der Waals surface area contributed by atoms with E-state index in [1.54, 1.807) is 0 Å². The van der Waals surface area contributed by atoms with Gasteiger partial charge in [-0.15, -0.1) is 0 Å². The fraction of sp³-hybridized carbons (Fsp3) is 0.400. The maximum absolute atomic E-state index is 5.93. The lowest BCUT2D eigenvalue weighted by Crippen LogP contribution is -2.21. The quantitative estimate of drug-likeness (QED) is 0.632. The minimum absolute atomic E-state index is 0.0416. The van der Waals surface area contributed by atoms with Crippen LogP contribution >= 0.6 is 0 Å². The van der Waals surface area contributed by atoms with E-state index >= 15 is 0 Å². The maximum atomic E-state index is 5.93. The van der Waals surface area contributed by atoms with Crippen molar-refractivity contribution < 1.29 is 4.74 Å². The SMILES string of the molecule is Cc1ccc2c(c1)C(N)C(C)O2. The Bertz CT molecular complexity index is 309. The highest BCUT2D eigenvalue weighted by Crippen LogP contribution is 2.35.